The van der Waals surface area contributed by atoms with Crippen LogP contribution in [0.15, 0.2) is 35.1 Å². The molecule has 7 heteroatoms. The van der Waals surface area contributed by atoms with E-state index in [9.17, 15) is 4.79 Å². The topological polar surface area (TPSA) is 95.6 Å². The second-order valence-corrected chi connectivity index (χ2v) is 6.50. The van der Waals surface area contributed by atoms with Crippen LogP contribution in [-0.2, 0) is 6.54 Å². The van der Waals surface area contributed by atoms with Gasteiger partial charge in [0.25, 0.3) is 5.91 Å². The van der Waals surface area contributed by atoms with Crippen molar-refractivity contribution in [2.24, 2.45) is 16.8 Å². The highest BCUT2D eigenvalue weighted by atomic mass is 16.1. The van der Waals surface area contributed by atoms with Gasteiger partial charge in [0.2, 0.25) is 0 Å². The molecule has 1 amide bonds. The molecule has 2 unspecified atom stereocenters. The zero-order valence-corrected chi connectivity index (χ0v) is 17.2. The summed E-state index contributed by atoms with van der Waals surface area (Å²) in [6.07, 6.45) is 5.25. The molecule has 0 fully saturated rings. The van der Waals surface area contributed by atoms with Gasteiger partial charge in [-0.15, -0.1) is 0 Å². The van der Waals surface area contributed by atoms with Crippen molar-refractivity contribution in [2.45, 2.75) is 47.3 Å². The van der Waals surface area contributed by atoms with Crippen molar-refractivity contribution in [1.82, 2.24) is 20.6 Å². The lowest BCUT2D eigenvalue weighted by Crippen LogP contribution is -2.36. The monoisotopic (exact) mass is 374 g/mol. The Morgan fingerprint density at radius 1 is 1.44 bits per heavy atom. The van der Waals surface area contributed by atoms with Crippen molar-refractivity contribution in [3.8, 4) is 0 Å². The minimum atomic E-state index is -0.164. The standard InChI is InChI=1S/C20H34N6O/c1-6-22-19(21)11-15(4)16(5)13-24-20(27)17-9-10-23-18(12-17)14-26(8-3)25-7-2/h7,9-12,16,19,22H,6,8,13-14,21H2,1-5H3,(H,24,27)/b15-11-,25-7-. The molecule has 2 atom stereocenters. The van der Waals surface area contributed by atoms with Gasteiger partial charge in [0.05, 0.1) is 18.4 Å². The molecule has 7 nitrogen and oxygen atoms in total. The van der Waals surface area contributed by atoms with E-state index in [0.29, 0.717) is 18.7 Å². The van der Waals surface area contributed by atoms with Gasteiger partial charge in [0, 0.05) is 31.1 Å². The quantitative estimate of drug-likeness (QED) is 0.239. The fourth-order valence-electron chi connectivity index (χ4n) is 2.54. The van der Waals surface area contributed by atoms with Crippen molar-refractivity contribution in [3.05, 3.63) is 41.2 Å². The fraction of sp³-hybridized carbons (Fsp3) is 0.550. The number of hydrogen-bond acceptors (Lipinski definition) is 6. The SMILES string of the molecule is C/C=N\N(CC)Cc1cc(C(=O)NCC(C)/C(C)=C\C(N)NCC)ccn1. The molecule has 1 heterocycles. The first-order valence-corrected chi connectivity index (χ1v) is 9.55. The fourth-order valence-corrected chi connectivity index (χ4v) is 2.54. The second kappa shape index (κ2) is 12.2. The number of hydrogen-bond donors (Lipinski definition) is 3. The van der Waals surface area contributed by atoms with Gasteiger partial charge in [-0.2, -0.15) is 5.10 Å². The molecular formula is C20H34N6O. The molecular weight excluding hydrogens is 340 g/mol. The molecule has 27 heavy (non-hydrogen) atoms. The molecule has 1 aromatic rings. The van der Waals surface area contributed by atoms with E-state index in [4.69, 9.17) is 5.73 Å². The third kappa shape index (κ3) is 8.32. The highest BCUT2D eigenvalue weighted by Gasteiger charge is 2.11. The summed E-state index contributed by atoms with van der Waals surface area (Å²) >= 11 is 0. The maximum atomic E-state index is 12.5. The van der Waals surface area contributed by atoms with E-state index in [1.807, 2.05) is 44.8 Å². The number of rotatable bonds is 11. The Morgan fingerprint density at radius 3 is 2.81 bits per heavy atom. The summed E-state index contributed by atoms with van der Waals surface area (Å²) in [6.45, 7) is 12.8. The number of carbonyl (C=O) groups is 1. The van der Waals surface area contributed by atoms with Crippen LogP contribution in [0, 0.1) is 5.92 Å². The molecule has 0 bridgehead atoms. The molecule has 0 saturated heterocycles. The predicted molar refractivity (Wildman–Crippen MR) is 111 cm³/mol. The lowest BCUT2D eigenvalue weighted by atomic mass is 10.0. The highest BCUT2D eigenvalue weighted by molar-refractivity contribution is 5.94. The van der Waals surface area contributed by atoms with E-state index in [2.05, 4.69) is 27.6 Å². The van der Waals surface area contributed by atoms with E-state index in [1.54, 1.807) is 18.5 Å². The van der Waals surface area contributed by atoms with E-state index in [0.717, 1.165) is 24.4 Å². The van der Waals surface area contributed by atoms with Crippen LogP contribution in [0.1, 0.15) is 50.7 Å². The number of hydrazone groups is 1. The van der Waals surface area contributed by atoms with Crippen LogP contribution in [-0.4, -0.2) is 47.9 Å². The third-order valence-electron chi connectivity index (χ3n) is 4.30. The Bertz CT molecular complexity index is 643. The summed E-state index contributed by atoms with van der Waals surface area (Å²) in [6, 6.07) is 3.55. The number of nitrogens with zero attached hydrogens (tertiary/aromatic N) is 3. The third-order valence-corrected chi connectivity index (χ3v) is 4.30. The average molecular weight is 375 g/mol. The van der Waals surface area contributed by atoms with Crippen molar-refractivity contribution >= 4 is 12.1 Å². The van der Waals surface area contributed by atoms with Crippen LogP contribution >= 0.6 is 0 Å². The first-order valence-electron chi connectivity index (χ1n) is 9.55. The molecule has 0 saturated carbocycles. The van der Waals surface area contributed by atoms with Crippen LogP contribution in [0.2, 0.25) is 0 Å². The summed E-state index contributed by atoms with van der Waals surface area (Å²) in [5.74, 6) is 0.103. The van der Waals surface area contributed by atoms with Crippen molar-refractivity contribution in [1.29, 1.82) is 0 Å². The Labute approximate surface area is 163 Å². The smallest absolute Gasteiger partial charge is 0.251 e. The van der Waals surface area contributed by atoms with Crippen LogP contribution in [0.5, 0.6) is 0 Å². The summed E-state index contributed by atoms with van der Waals surface area (Å²) in [4.78, 5) is 16.8. The van der Waals surface area contributed by atoms with Crippen molar-refractivity contribution < 1.29 is 4.79 Å². The minimum Gasteiger partial charge on any atom is -0.351 e. The van der Waals surface area contributed by atoms with E-state index < -0.39 is 0 Å². The number of amides is 1. The lowest BCUT2D eigenvalue weighted by Gasteiger charge is -2.17. The molecule has 0 aromatic carbocycles. The van der Waals surface area contributed by atoms with Gasteiger partial charge in [0.1, 0.15) is 0 Å². The second-order valence-electron chi connectivity index (χ2n) is 6.50. The number of pyridine rings is 1. The first kappa shape index (κ1) is 22.8. The Kier molecular flexibility index (Phi) is 10.3. The number of aromatic nitrogens is 1. The maximum Gasteiger partial charge on any atom is 0.251 e. The van der Waals surface area contributed by atoms with Crippen molar-refractivity contribution in [2.75, 3.05) is 19.6 Å². The Balaban J connectivity index is 2.65. The average Bonchev–Trinajstić information content (AvgIpc) is 2.65. The van der Waals surface area contributed by atoms with E-state index >= 15 is 0 Å². The zero-order valence-electron chi connectivity index (χ0n) is 17.2. The molecule has 4 N–H and O–H groups in total. The van der Waals surface area contributed by atoms with Gasteiger partial charge >= 0.3 is 0 Å². The normalized spacial score (nSPS) is 14.2. The van der Waals surface area contributed by atoms with E-state index in [1.165, 1.54) is 0 Å². The van der Waals surface area contributed by atoms with Gasteiger partial charge in [-0.05, 0) is 45.4 Å². The van der Waals surface area contributed by atoms with Crippen LogP contribution in [0.4, 0.5) is 0 Å². The Hall–Kier alpha value is -2.25. The van der Waals surface area contributed by atoms with Crippen LogP contribution in [0.3, 0.4) is 0 Å². The lowest BCUT2D eigenvalue weighted by molar-refractivity contribution is 0.0949. The highest BCUT2D eigenvalue weighted by Crippen LogP contribution is 2.10. The molecule has 150 valence electrons. The molecule has 0 spiro atoms. The number of likely N-dealkylation sites (N-methyl/N-ethyl adjacent to an activating group) is 1. The van der Waals surface area contributed by atoms with Crippen LogP contribution < -0.4 is 16.4 Å². The number of nitrogens with one attached hydrogen (secondary N) is 2. The van der Waals surface area contributed by atoms with Crippen LogP contribution in [0.25, 0.3) is 0 Å². The number of nitrogens with two attached hydrogens (primary N) is 1. The largest absolute Gasteiger partial charge is 0.351 e. The molecule has 0 radical (unpaired) electrons. The summed E-state index contributed by atoms with van der Waals surface area (Å²) < 4.78 is 0. The minimum absolute atomic E-state index is 0.101. The summed E-state index contributed by atoms with van der Waals surface area (Å²) in [7, 11) is 0. The number of carbonyl (C=O) groups excluding carboxylic acids is 1. The molecule has 0 aliphatic carbocycles. The first-order chi connectivity index (χ1) is 12.9. The Morgan fingerprint density at radius 2 is 2.19 bits per heavy atom. The van der Waals surface area contributed by atoms with Crippen molar-refractivity contribution in [3.63, 3.8) is 0 Å². The molecule has 1 rings (SSSR count). The predicted octanol–water partition coefficient (Wildman–Crippen LogP) is 2.12. The molecule has 1 aromatic heterocycles. The summed E-state index contributed by atoms with van der Waals surface area (Å²) in [5.41, 5.74) is 8.53. The van der Waals surface area contributed by atoms with E-state index in [-0.39, 0.29) is 18.0 Å². The van der Waals surface area contributed by atoms with Gasteiger partial charge < -0.3 is 11.1 Å². The molecule has 0 aliphatic rings. The molecule has 0 aliphatic heterocycles. The van der Waals surface area contributed by atoms with Gasteiger partial charge in [-0.3, -0.25) is 20.1 Å². The van der Waals surface area contributed by atoms with Gasteiger partial charge in [-0.1, -0.05) is 25.5 Å². The zero-order chi connectivity index (χ0) is 20.2. The summed E-state index contributed by atoms with van der Waals surface area (Å²) in [5, 5.41) is 12.3. The maximum absolute atomic E-state index is 12.5. The van der Waals surface area contributed by atoms with Gasteiger partial charge in [0.15, 0.2) is 0 Å². The van der Waals surface area contributed by atoms with Gasteiger partial charge in [-0.25, -0.2) is 0 Å².